The number of halogens is 1. The number of fused-ring (bicyclic) bond motifs is 3. The number of carbonyl (C=O) groups is 1. The molecule has 178 valence electrons. The molecule has 7 nitrogen and oxygen atoms in total. The molecule has 1 aliphatic rings. The van der Waals surface area contributed by atoms with Crippen LogP contribution in [-0.2, 0) is 12.0 Å². The standard InChI is InChI=1S/C26H30FN5O2/c1-16(2)31-11-9-26(3,10-12-31)21-24-29-20-14-18(27)13-19(23(28)33)22(20)32(24)30-25(21)34-15-17-7-5-4-6-8-17/h4-8,13-14,16,29H,9-12,15H2,1-3H3,(H2,28,33). The van der Waals surface area contributed by atoms with Gasteiger partial charge in [-0.2, -0.15) is 0 Å². The third kappa shape index (κ3) is 3.81. The predicted molar refractivity (Wildman–Crippen MR) is 130 cm³/mol. The van der Waals surface area contributed by atoms with Crippen molar-refractivity contribution in [2.45, 2.75) is 51.7 Å². The Labute approximate surface area is 197 Å². The largest absolute Gasteiger partial charge is 0.471 e. The van der Waals surface area contributed by atoms with Crippen LogP contribution in [0.5, 0.6) is 5.88 Å². The molecule has 5 rings (SSSR count). The van der Waals surface area contributed by atoms with Gasteiger partial charge in [0, 0.05) is 11.5 Å². The number of ether oxygens (including phenoxy) is 1. The quantitative estimate of drug-likeness (QED) is 0.444. The number of piperidine rings is 1. The number of nitrogens with zero attached hydrogens (tertiary/aromatic N) is 3. The van der Waals surface area contributed by atoms with Gasteiger partial charge < -0.3 is 20.4 Å². The number of amides is 1. The third-order valence-corrected chi connectivity index (χ3v) is 7.11. The summed E-state index contributed by atoms with van der Waals surface area (Å²) in [5.41, 5.74) is 9.13. The molecule has 1 aliphatic heterocycles. The number of likely N-dealkylation sites (tertiary alicyclic amines) is 1. The lowest BCUT2D eigenvalue weighted by atomic mass is 9.75. The number of primary amides is 1. The van der Waals surface area contributed by atoms with Gasteiger partial charge in [-0.05, 0) is 57.5 Å². The van der Waals surface area contributed by atoms with E-state index in [9.17, 15) is 9.18 Å². The van der Waals surface area contributed by atoms with E-state index < -0.39 is 11.7 Å². The lowest BCUT2D eigenvalue weighted by Gasteiger charge is -2.41. The Hall–Kier alpha value is -3.39. The highest BCUT2D eigenvalue weighted by molar-refractivity contribution is 6.05. The number of nitrogens with one attached hydrogen (secondary N) is 1. The molecular formula is C26H30FN5O2. The fourth-order valence-corrected chi connectivity index (χ4v) is 5.07. The summed E-state index contributed by atoms with van der Waals surface area (Å²) in [5, 5.41) is 4.78. The maximum absolute atomic E-state index is 14.2. The summed E-state index contributed by atoms with van der Waals surface area (Å²) in [6.45, 7) is 8.96. The van der Waals surface area contributed by atoms with Crippen LogP contribution >= 0.6 is 0 Å². The molecule has 3 heterocycles. The highest BCUT2D eigenvalue weighted by Gasteiger charge is 2.39. The van der Waals surface area contributed by atoms with Crippen LogP contribution in [0, 0.1) is 5.82 Å². The van der Waals surface area contributed by atoms with Crippen molar-refractivity contribution in [3.05, 3.63) is 65.0 Å². The van der Waals surface area contributed by atoms with Gasteiger partial charge in [-0.1, -0.05) is 37.3 Å². The van der Waals surface area contributed by atoms with Gasteiger partial charge in [0.15, 0.2) is 0 Å². The second-order valence-electron chi connectivity index (χ2n) is 9.74. The molecule has 4 aromatic rings. The lowest BCUT2D eigenvalue weighted by molar-refractivity contribution is 0.100. The number of aromatic amines is 1. The summed E-state index contributed by atoms with van der Waals surface area (Å²) in [4.78, 5) is 17.9. The summed E-state index contributed by atoms with van der Waals surface area (Å²) in [7, 11) is 0. The number of rotatable bonds is 6. The molecule has 0 radical (unpaired) electrons. The highest BCUT2D eigenvalue weighted by atomic mass is 19.1. The predicted octanol–water partition coefficient (Wildman–Crippen LogP) is 4.39. The van der Waals surface area contributed by atoms with Crippen molar-refractivity contribution < 1.29 is 13.9 Å². The van der Waals surface area contributed by atoms with E-state index in [0.29, 0.717) is 35.2 Å². The highest BCUT2D eigenvalue weighted by Crippen LogP contribution is 2.43. The van der Waals surface area contributed by atoms with Crippen molar-refractivity contribution in [1.82, 2.24) is 19.5 Å². The van der Waals surface area contributed by atoms with Crippen LogP contribution in [0.25, 0.3) is 16.7 Å². The molecule has 3 N–H and O–H groups in total. The first-order valence-corrected chi connectivity index (χ1v) is 11.7. The summed E-state index contributed by atoms with van der Waals surface area (Å²) >= 11 is 0. The van der Waals surface area contributed by atoms with Crippen molar-refractivity contribution in [3.63, 3.8) is 0 Å². The van der Waals surface area contributed by atoms with Crippen molar-refractivity contribution in [3.8, 4) is 5.88 Å². The van der Waals surface area contributed by atoms with Gasteiger partial charge in [0.1, 0.15) is 23.6 Å². The molecule has 0 bridgehead atoms. The van der Waals surface area contributed by atoms with E-state index in [4.69, 9.17) is 15.6 Å². The average Bonchev–Trinajstić information content (AvgIpc) is 3.33. The summed E-state index contributed by atoms with van der Waals surface area (Å²) < 4.78 is 22.2. The van der Waals surface area contributed by atoms with Crippen molar-refractivity contribution in [2.75, 3.05) is 13.1 Å². The minimum atomic E-state index is -0.703. The van der Waals surface area contributed by atoms with Crippen LogP contribution in [-0.4, -0.2) is 44.5 Å². The van der Waals surface area contributed by atoms with Gasteiger partial charge in [0.05, 0.1) is 16.6 Å². The Morgan fingerprint density at radius 1 is 1.24 bits per heavy atom. The van der Waals surface area contributed by atoms with Crippen LogP contribution in [0.2, 0.25) is 0 Å². The first kappa shape index (κ1) is 22.4. The first-order valence-electron chi connectivity index (χ1n) is 11.7. The summed E-state index contributed by atoms with van der Waals surface area (Å²) in [6.07, 6.45) is 1.86. The maximum atomic E-state index is 14.2. The molecule has 0 unspecified atom stereocenters. The minimum absolute atomic E-state index is 0.0877. The fraction of sp³-hybridized carbons (Fsp3) is 0.385. The normalized spacial score (nSPS) is 16.5. The molecule has 0 spiro atoms. The Kier molecular flexibility index (Phi) is 5.56. The minimum Gasteiger partial charge on any atom is -0.471 e. The Balaban J connectivity index is 1.65. The van der Waals surface area contributed by atoms with Gasteiger partial charge in [0.25, 0.3) is 5.91 Å². The van der Waals surface area contributed by atoms with E-state index in [1.54, 1.807) is 4.52 Å². The molecule has 1 fully saturated rings. The van der Waals surface area contributed by atoms with Gasteiger partial charge in [-0.25, -0.2) is 8.91 Å². The average molecular weight is 464 g/mol. The monoisotopic (exact) mass is 463 g/mol. The summed E-state index contributed by atoms with van der Waals surface area (Å²) in [6, 6.07) is 12.9. The van der Waals surface area contributed by atoms with Crippen molar-refractivity contribution >= 4 is 22.6 Å². The zero-order valence-corrected chi connectivity index (χ0v) is 19.8. The molecule has 34 heavy (non-hydrogen) atoms. The van der Waals surface area contributed by atoms with E-state index in [-0.39, 0.29) is 11.0 Å². The third-order valence-electron chi connectivity index (χ3n) is 7.11. The summed E-state index contributed by atoms with van der Waals surface area (Å²) in [5.74, 6) is -0.702. The smallest absolute Gasteiger partial charge is 0.251 e. The molecule has 2 aromatic carbocycles. The first-order chi connectivity index (χ1) is 16.3. The molecule has 1 saturated heterocycles. The number of H-pyrrole nitrogens is 1. The second kappa shape index (κ2) is 8.43. The van der Waals surface area contributed by atoms with E-state index >= 15 is 0 Å². The Morgan fingerprint density at radius 2 is 1.94 bits per heavy atom. The number of benzene rings is 2. The van der Waals surface area contributed by atoms with Crippen LogP contribution < -0.4 is 10.5 Å². The number of carbonyl (C=O) groups excluding carboxylic acids is 1. The molecule has 0 aliphatic carbocycles. The van der Waals surface area contributed by atoms with Crippen molar-refractivity contribution in [1.29, 1.82) is 0 Å². The van der Waals surface area contributed by atoms with E-state index in [0.717, 1.165) is 43.1 Å². The Morgan fingerprint density at radius 3 is 2.59 bits per heavy atom. The van der Waals surface area contributed by atoms with Gasteiger partial charge in [-0.15, -0.1) is 5.10 Å². The van der Waals surface area contributed by atoms with Crippen LogP contribution in [0.1, 0.15) is 55.1 Å². The maximum Gasteiger partial charge on any atom is 0.251 e. The van der Waals surface area contributed by atoms with Crippen LogP contribution in [0.4, 0.5) is 4.39 Å². The van der Waals surface area contributed by atoms with E-state index in [2.05, 4.69) is 30.7 Å². The molecular weight excluding hydrogens is 433 g/mol. The SMILES string of the molecule is CC(C)N1CCC(C)(c2c(OCc3ccccc3)nn3c2[nH]c2cc(F)cc(C(N)=O)c23)CC1. The number of imidazole rings is 1. The lowest BCUT2D eigenvalue weighted by Crippen LogP contribution is -2.44. The number of aromatic nitrogens is 3. The number of hydrogen-bond donors (Lipinski definition) is 2. The van der Waals surface area contributed by atoms with Gasteiger partial charge in [-0.3, -0.25) is 4.79 Å². The topological polar surface area (TPSA) is 88.7 Å². The van der Waals surface area contributed by atoms with Crippen molar-refractivity contribution in [2.24, 2.45) is 5.73 Å². The number of hydrogen-bond acceptors (Lipinski definition) is 4. The molecule has 0 saturated carbocycles. The van der Waals surface area contributed by atoms with Crippen LogP contribution in [0.15, 0.2) is 42.5 Å². The molecule has 1 amide bonds. The molecule has 0 atom stereocenters. The number of nitrogens with two attached hydrogens (primary N) is 1. The Bertz CT molecular complexity index is 1350. The molecule has 2 aromatic heterocycles. The zero-order valence-electron chi connectivity index (χ0n) is 19.8. The van der Waals surface area contributed by atoms with Crippen LogP contribution in [0.3, 0.4) is 0 Å². The fourth-order valence-electron chi connectivity index (χ4n) is 5.07. The second-order valence-corrected chi connectivity index (χ2v) is 9.74. The van der Waals surface area contributed by atoms with Gasteiger partial charge in [0.2, 0.25) is 5.88 Å². The van der Waals surface area contributed by atoms with E-state index in [1.807, 2.05) is 30.3 Å². The molecule has 8 heteroatoms. The van der Waals surface area contributed by atoms with E-state index in [1.165, 1.54) is 6.07 Å². The van der Waals surface area contributed by atoms with Gasteiger partial charge >= 0.3 is 0 Å². The zero-order chi connectivity index (χ0) is 24.0.